The minimum absolute atomic E-state index is 0.106. The Bertz CT molecular complexity index is 596. The second-order valence-electron chi connectivity index (χ2n) is 4.98. The molecule has 8 nitrogen and oxygen atoms in total. The lowest BCUT2D eigenvalue weighted by atomic mass is 10.1. The number of carbonyl (C=O) groups excluding carboxylic acids is 2. The molecule has 1 aromatic carbocycles. The van der Waals surface area contributed by atoms with E-state index in [0.29, 0.717) is 18.8 Å². The Balaban J connectivity index is 2.72. The molecule has 138 valence electrons. The number of amides is 1. The first kappa shape index (κ1) is 20.9. The molecule has 0 saturated carbocycles. The van der Waals surface area contributed by atoms with Crippen LogP contribution in [0.3, 0.4) is 0 Å². The van der Waals surface area contributed by atoms with Crippen LogP contribution in [0, 0.1) is 10.1 Å². The molecule has 25 heavy (non-hydrogen) atoms. The van der Waals surface area contributed by atoms with E-state index < -0.39 is 22.8 Å². The molecule has 0 aliphatic rings. The van der Waals surface area contributed by atoms with Crippen LogP contribution in [0.5, 0.6) is 0 Å². The molecule has 0 aliphatic heterocycles. The van der Waals surface area contributed by atoms with E-state index in [1.54, 1.807) is 0 Å². The highest BCUT2D eigenvalue weighted by Gasteiger charge is 2.23. The summed E-state index contributed by atoms with van der Waals surface area (Å²) in [6.45, 7) is 2.75. The van der Waals surface area contributed by atoms with Gasteiger partial charge >= 0.3 is 5.97 Å². The van der Waals surface area contributed by atoms with Gasteiger partial charge in [-0.25, -0.2) is 4.79 Å². The average molecular weight is 370 g/mol. The van der Waals surface area contributed by atoms with E-state index in [1.807, 2.05) is 13.2 Å². The van der Waals surface area contributed by atoms with Gasteiger partial charge in [-0.1, -0.05) is 6.07 Å². The zero-order valence-electron chi connectivity index (χ0n) is 14.2. The molecule has 1 unspecified atom stereocenters. The van der Waals surface area contributed by atoms with Crippen LogP contribution in [-0.4, -0.2) is 54.7 Å². The van der Waals surface area contributed by atoms with E-state index in [1.165, 1.54) is 36.0 Å². The van der Waals surface area contributed by atoms with Crippen LogP contribution in [-0.2, 0) is 14.3 Å². The summed E-state index contributed by atoms with van der Waals surface area (Å²) in [6.07, 6.45) is 2.29. The lowest BCUT2D eigenvalue weighted by Crippen LogP contribution is -2.42. The van der Waals surface area contributed by atoms with E-state index >= 15 is 0 Å². The third-order valence-electron chi connectivity index (χ3n) is 3.20. The van der Waals surface area contributed by atoms with Gasteiger partial charge in [-0.3, -0.25) is 14.9 Å². The van der Waals surface area contributed by atoms with Gasteiger partial charge in [0, 0.05) is 24.3 Å². The van der Waals surface area contributed by atoms with Crippen LogP contribution in [0.25, 0.3) is 0 Å². The number of benzene rings is 1. The molecule has 1 rings (SSSR count). The number of nitro groups is 1. The smallest absolute Gasteiger partial charge is 0.328 e. The Labute approximate surface area is 150 Å². The zero-order chi connectivity index (χ0) is 18.7. The Hall–Kier alpha value is -2.13. The van der Waals surface area contributed by atoms with Gasteiger partial charge in [-0.15, -0.1) is 0 Å². The first-order valence-electron chi connectivity index (χ1n) is 7.78. The van der Waals surface area contributed by atoms with Gasteiger partial charge < -0.3 is 14.8 Å². The van der Waals surface area contributed by atoms with Gasteiger partial charge in [-0.2, -0.15) is 11.8 Å². The molecular formula is C16H22N2O6S. The highest BCUT2D eigenvalue weighted by Crippen LogP contribution is 2.13. The lowest BCUT2D eigenvalue weighted by molar-refractivity contribution is -0.384. The predicted molar refractivity (Wildman–Crippen MR) is 94.8 cm³/mol. The molecule has 9 heteroatoms. The quantitative estimate of drug-likeness (QED) is 0.275. The highest BCUT2D eigenvalue weighted by molar-refractivity contribution is 7.98. The van der Waals surface area contributed by atoms with E-state index in [0.717, 1.165) is 0 Å². The van der Waals surface area contributed by atoms with E-state index in [9.17, 15) is 19.7 Å². The summed E-state index contributed by atoms with van der Waals surface area (Å²) < 4.78 is 10.2. The number of esters is 1. The second kappa shape index (κ2) is 11.4. The Morgan fingerprint density at radius 3 is 2.76 bits per heavy atom. The molecule has 0 aromatic heterocycles. The molecule has 1 amide bonds. The largest absolute Gasteiger partial charge is 0.462 e. The number of non-ortho nitro benzene ring substituents is 1. The molecular weight excluding hydrogens is 348 g/mol. The number of rotatable bonds is 11. The SMILES string of the molecule is CCOCCOC(=O)C(CCSC)NC(=O)c1cccc([N+](=O)[O-])c1. The van der Waals surface area contributed by atoms with Crippen molar-refractivity contribution in [1.82, 2.24) is 5.32 Å². The van der Waals surface area contributed by atoms with Crippen LogP contribution >= 0.6 is 11.8 Å². The summed E-state index contributed by atoms with van der Waals surface area (Å²) in [4.78, 5) is 34.7. The molecule has 1 aromatic rings. The number of hydrogen-bond acceptors (Lipinski definition) is 7. The normalized spacial score (nSPS) is 11.6. The van der Waals surface area contributed by atoms with Crippen molar-refractivity contribution in [2.75, 3.05) is 31.8 Å². The van der Waals surface area contributed by atoms with Gasteiger partial charge in [0.05, 0.1) is 11.5 Å². The molecule has 0 saturated heterocycles. The van der Waals surface area contributed by atoms with Gasteiger partial charge in [0.1, 0.15) is 12.6 Å². The molecule has 0 radical (unpaired) electrons. The number of nitrogens with one attached hydrogen (secondary N) is 1. The summed E-state index contributed by atoms with van der Waals surface area (Å²) in [5, 5.41) is 13.4. The standard InChI is InChI=1S/C16H22N2O6S/c1-3-23-8-9-24-16(20)14(7-10-25-2)17-15(19)12-5-4-6-13(11-12)18(21)22/h4-6,11,14H,3,7-10H2,1-2H3,(H,17,19). The summed E-state index contributed by atoms with van der Waals surface area (Å²) in [5.74, 6) is -0.454. The van der Waals surface area contributed by atoms with Crippen molar-refractivity contribution in [3.05, 3.63) is 39.9 Å². The minimum atomic E-state index is -0.819. The van der Waals surface area contributed by atoms with Crippen molar-refractivity contribution >= 4 is 29.3 Å². The van der Waals surface area contributed by atoms with Crippen molar-refractivity contribution < 1.29 is 24.0 Å². The van der Waals surface area contributed by atoms with Crippen LogP contribution in [0.4, 0.5) is 5.69 Å². The van der Waals surface area contributed by atoms with Crippen molar-refractivity contribution in [2.45, 2.75) is 19.4 Å². The number of nitro benzene ring substituents is 1. The number of nitrogens with zero attached hydrogens (tertiary/aromatic N) is 1. The Morgan fingerprint density at radius 2 is 2.12 bits per heavy atom. The van der Waals surface area contributed by atoms with E-state index in [2.05, 4.69) is 5.32 Å². The molecule has 1 atom stereocenters. The predicted octanol–water partition coefficient (Wildman–Crippen LogP) is 2.03. The summed E-state index contributed by atoms with van der Waals surface area (Å²) >= 11 is 1.54. The second-order valence-corrected chi connectivity index (χ2v) is 5.96. The Kier molecular flexibility index (Phi) is 9.56. The molecule has 1 N–H and O–H groups in total. The third kappa shape index (κ3) is 7.53. The maximum absolute atomic E-state index is 12.3. The molecule has 0 fully saturated rings. The maximum atomic E-state index is 12.3. The molecule has 0 heterocycles. The first-order valence-corrected chi connectivity index (χ1v) is 9.17. The van der Waals surface area contributed by atoms with Crippen molar-refractivity contribution in [3.8, 4) is 0 Å². The van der Waals surface area contributed by atoms with Gasteiger partial charge in [0.2, 0.25) is 0 Å². The van der Waals surface area contributed by atoms with Gasteiger partial charge in [0.15, 0.2) is 0 Å². The first-order chi connectivity index (χ1) is 12.0. The fourth-order valence-electron chi connectivity index (χ4n) is 1.93. The monoisotopic (exact) mass is 370 g/mol. The molecule has 0 aliphatic carbocycles. The van der Waals surface area contributed by atoms with Crippen LogP contribution in [0.1, 0.15) is 23.7 Å². The van der Waals surface area contributed by atoms with Crippen LogP contribution in [0.15, 0.2) is 24.3 Å². The average Bonchev–Trinajstić information content (AvgIpc) is 2.61. The number of thioether (sulfide) groups is 1. The fourth-order valence-corrected chi connectivity index (χ4v) is 2.40. The third-order valence-corrected chi connectivity index (χ3v) is 3.84. The van der Waals surface area contributed by atoms with Gasteiger partial charge in [-0.05, 0) is 31.4 Å². The van der Waals surface area contributed by atoms with Crippen molar-refractivity contribution in [2.24, 2.45) is 0 Å². The number of carbonyl (C=O) groups is 2. The zero-order valence-corrected chi connectivity index (χ0v) is 15.0. The summed E-state index contributed by atoms with van der Waals surface area (Å²) in [6, 6.07) is 4.52. The van der Waals surface area contributed by atoms with Crippen molar-refractivity contribution in [3.63, 3.8) is 0 Å². The van der Waals surface area contributed by atoms with Crippen LogP contribution in [0.2, 0.25) is 0 Å². The summed E-state index contributed by atoms with van der Waals surface area (Å²) in [5.41, 5.74) is -0.0712. The molecule has 0 bridgehead atoms. The topological polar surface area (TPSA) is 108 Å². The molecule has 0 spiro atoms. The maximum Gasteiger partial charge on any atom is 0.328 e. The lowest BCUT2D eigenvalue weighted by Gasteiger charge is -2.17. The number of ether oxygens (including phenoxy) is 2. The van der Waals surface area contributed by atoms with Crippen LogP contribution < -0.4 is 5.32 Å². The van der Waals surface area contributed by atoms with E-state index in [4.69, 9.17) is 9.47 Å². The van der Waals surface area contributed by atoms with Crippen molar-refractivity contribution in [1.29, 1.82) is 0 Å². The highest BCUT2D eigenvalue weighted by atomic mass is 32.2. The van der Waals surface area contributed by atoms with E-state index in [-0.39, 0.29) is 24.5 Å². The minimum Gasteiger partial charge on any atom is -0.462 e. The fraction of sp³-hybridized carbons (Fsp3) is 0.500. The number of hydrogen-bond donors (Lipinski definition) is 1. The Morgan fingerprint density at radius 1 is 1.36 bits per heavy atom. The van der Waals surface area contributed by atoms with Gasteiger partial charge in [0.25, 0.3) is 11.6 Å². The summed E-state index contributed by atoms with van der Waals surface area (Å²) in [7, 11) is 0.